The molecule has 0 radical (unpaired) electrons. The highest BCUT2D eigenvalue weighted by atomic mass is 35.5. The van der Waals surface area contributed by atoms with Gasteiger partial charge in [-0.1, -0.05) is 53.0 Å². The molecule has 3 aromatic rings. The number of hydrogen-bond donors (Lipinski definition) is 1. The van der Waals surface area contributed by atoms with Crippen LogP contribution in [0.25, 0.3) is 0 Å². The average molecular weight is 502 g/mol. The van der Waals surface area contributed by atoms with Crippen molar-refractivity contribution in [2.45, 2.75) is 6.92 Å². The van der Waals surface area contributed by atoms with Crippen LogP contribution < -0.4 is 15.0 Å². The normalized spacial score (nSPS) is 13.5. The number of aryl methyl sites for hydroxylation is 1. The van der Waals surface area contributed by atoms with Crippen LogP contribution >= 0.6 is 34.8 Å². The zero-order chi connectivity index (χ0) is 23.7. The molecule has 2 amide bonds. The van der Waals surface area contributed by atoms with Gasteiger partial charge in [0.1, 0.15) is 16.5 Å². The molecule has 0 spiro atoms. The number of hydrogen-bond acceptors (Lipinski definition) is 5. The van der Waals surface area contributed by atoms with Crippen LogP contribution in [0.4, 0.5) is 11.4 Å². The van der Waals surface area contributed by atoms with Gasteiger partial charge in [0.05, 0.1) is 11.3 Å². The molecule has 0 saturated carbocycles. The molecule has 9 heteroatoms. The minimum absolute atomic E-state index is 0.104. The van der Waals surface area contributed by atoms with Crippen molar-refractivity contribution in [3.63, 3.8) is 0 Å². The number of ether oxygens (including phenoxy) is 1. The van der Waals surface area contributed by atoms with E-state index in [-0.39, 0.29) is 26.5 Å². The average Bonchev–Trinajstić information content (AvgIpc) is 2.98. The molecular formula is C24H15Cl3N2O4. The van der Waals surface area contributed by atoms with Crippen LogP contribution in [0.15, 0.2) is 77.5 Å². The number of para-hydroxylation sites is 1. The molecule has 1 aliphatic heterocycles. The zero-order valence-electron chi connectivity index (χ0n) is 17.1. The Morgan fingerprint density at radius 2 is 1.52 bits per heavy atom. The summed E-state index contributed by atoms with van der Waals surface area (Å²) in [6.07, 6.45) is 0. The lowest BCUT2D eigenvalue weighted by Crippen LogP contribution is -2.32. The van der Waals surface area contributed by atoms with E-state index in [1.807, 2.05) is 19.1 Å². The lowest BCUT2D eigenvalue weighted by Gasteiger charge is -2.16. The maximum atomic E-state index is 12.9. The molecule has 0 fully saturated rings. The molecule has 1 heterocycles. The standard InChI is InChI=1S/C24H15Cl3N2O4/c1-13-4-2-3-5-19(13)33-24(32)14-6-8-17(9-7-14)28-21-20(27)22(30)29(23(21)31)18-11-15(25)10-16(26)12-18/h2-12,28H,1H3. The summed E-state index contributed by atoms with van der Waals surface area (Å²) in [7, 11) is 0. The number of nitrogens with one attached hydrogen (secondary N) is 1. The molecule has 4 rings (SSSR count). The third-order valence-corrected chi connectivity index (χ3v) is 5.61. The summed E-state index contributed by atoms with van der Waals surface area (Å²) in [6.45, 7) is 1.84. The Hall–Kier alpha value is -3.32. The number of anilines is 2. The van der Waals surface area contributed by atoms with Gasteiger partial charge in [0, 0.05) is 15.7 Å². The molecule has 1 aliphatic rings. The monoisotopic (exact) mass is 500 g/mol. The van der Waals surface area contributed by atoms with Crippen molar-refractivity contribution in [2.75, 3.05) is 10.2 Å². The van der Waals surface area contributed by atoms with Gasteiger partial charge in [0.2, 0.25) is 0 Å². The maximum Gasteiger partial charge on any atom is 0.343 e. The highest BCUT2D eigenvalue weighted by molar-refractivity contribution is 6.53. The third-order valence-electron chi connectivity index (χ3n) is 4.82. The Morgan fingerprint density at radius 3 is 2.15 bits per heavy atom. The van der Waals surface area contributed by atoms with Gasteiger partial charge in [-0.15, -0.1) is 0 Å². The summed E-state index contributed by atoms with van der Waals surface area (Å²) in [6, 6.07) is 17.7. The molecule has 6 nitrogen and oxygen atoms in total. The van der Waals surface area contributed by atoms with Gasteiger partial charge >= 0.3 is 5.97 Å². The first-order valence-electron chi connectivity index (χ1n) is 9.64. The van der Waals surface area contributed by atoms with Crippen molar-refractivity contribution in [1.29, 1.82) is 0 Å². The van der Waals surface area contributed by atoms with Crippen molar-refractivity contribution in [3.8, 4) is 5.75 Å². The number of nitrogens with zero attached hydrogens (tertiary/aromatic N) is 1. The molecule has 0 saturated heterocycles. The van der Waals surface area contributed by atoms with Crippen LogP contribution in [0.3, 0.4) is 0 Å². The number of benzene rings is 3. The van der Waals surface area contributed by atoms with E-state index in [2.05, 4.69) is 5.32 Å². The van der Waals surface area contributed by atoms with Gasteiger partial charge in [-0.25, -0.2) is 9.69 Å². The van der Waals surface area contributed by atoms with Gasteiger partial charge in [0.15, 0.2) is 0 Å². The molecule has 166 valence electrons. The van der Waals surface area contributed by atoms with E-state index < -0.39 is 17.8 Å². The number of rotatable bonds is 5. The molecule has 0 aliphatic carbocycles. The molecule has 1 N–H and O–H groups in total. The van der Waals surface area contributed by atoms with Crippen molar-refractivity contribution >= 4 is 64.0 Å². The summed E-state index contributed by atoms with van der Waals surface area (Å²) in [4.78, 5) is 38.8. The zero-order valence-corrected chi connectivity index (χ0v) is 19.3. The van der Waals surface area contributed by atoms with E-state index in [0.29, 0.717) is 17.0 Å². The number of esters is 1. The van der Waals surface area contributed by atoms with E-state index >= 15 is 0 Å². The van der Waals surface area contributed by atoms with Crippen molar-refractivity contribution in [2.24, 2.45) is 0 Å². The number of carbonyl (C=O) groups excluding carboxylic acids is 3. The molecule has 0 atom stereocenters. The van der Waals surface area contributed by atoms with E-state index in [4.69, 9.17) is 39.5 Å². The first-order chi connectivity index (χ1) is 15.7. The van der Waals surface area contributed by atoms with Gasteiger partial charge in [-0.05, 0) is 61.0 Å². The fourth-order valence-electron chi connectivity index (χ4n) is 3.18. The number of imide groups is 1. The summed E-state index contributed by atoms with van der Waals surface area (Å²) in [5, 5.41) is 3.10. The second-order valence-corrected chi connectivity index (χ2v) is 8.37. The summed E-state index contributed by atoms with van der Waals surface area (Å²) in [5.74, 6) is -1.42. The number of halogens is 3. The number of amides is 2. The van der Waals surface area contributed by atoms with Gasteiger partial charge in [-0.3, -0.25) is 9.59 Å². The van der Waals surface area contributed by atoms with E-state index in [9.17, 15) is 14.4 Å². The van der Waals surface area contributed by atoms with Crippen LogP contribution in [0.5, 0.6) is 5.75 Å². The second-order valence-electron chi connectivity index (χ2n) is 7.12. The fraction of sp³-hybridized carbons (Fsp3) is 0.0417. The quantitative estimate of drug-likeness (QED) is 0.265. The number of carbonyl (C=O) groups is 3. The van der Waals surface area contributed by atoms with Crippen LogP contribution in [0.1, 0.15) is 15.9 Å². The van der Waals surface area contributed by atoms with E-state index in [1.54, 1.807) is 24.3 Å². The summed E-state index contributed by atoms with van der Waals surface area (Å²) in [5.41, 5.74) is 1.69. The van der Waals surface area contributed by atoms with Crippen molar-refractivity contribution in [1.82, 2.24) is 0 Å². The lowest BCUT2D eigenvalue weighted by molar-refractivity contribution is -0.120. The Morgan fingerprint density at radius 1 is 0.879 bits per heavy atom. The Bertz CT molecular complexity index is 1300. The molecule has 0 aromatic heterocycles. The highest BCUT2D eigenvalue weighted by Gasteiger charge is 2.39. The molecular weight excluding hydrogens is 487 g/mol. The Labute approximate surface area is 204 Å². The van der Waals surface area contributed by atoms with Crippen LogP contribution in [0.2, 0.25) is 10.0 Å². The minimum Gasteiger partial charge on any atom is -0.423 e. The lowest BCUT2D eigenvalue weighted by atomic mass is 10.2. The van der Waals surface area contributed by atoms with Crippen LogP contribution in [0, 0.1) is 6.92 Å². The predicted octanol–water partition coefficient (Wildman–Crippen LogP) is 5.96. The van der Waals surface area contributed by atoms with Crippen molar-refractivity contribution < 1.29 is 19.1 Å². The molecule has 33 heavy (non-hydrogen) atoms. The first-order valence-corrected chi connectivity index (χ1v) is 10.8. The van der Waals surface area contributed by atoms with E-state index in [1.165, 1.54) is 30.3 Å². The van der Waals surface area contributed by atoms with Gasteiger partial charge in [0.25, 0.3) is 11.8 Å². The topological polar surface area (TPSA) is 75.7 Å². The highest BCUT2D eigenvalue weighted by Crippen LogP contribution is 2.33. The SMILES string of the molecule is Cc1ccccc1OC(=O)c1ccc(NC2=C(Cl)C(=O)N(c3cc(Cl)cc(Cl)c3)C2=O)cc1. The van der Waals surface area contributed by atoms with Crippen molar-refractivity contribution in [3.05, 3.63) is 98.6 Å². The summed E-state index contributed by atoms with van der Waals surface area (Å²) < 4.78 is 5.42. The van der Waals surface area contributed by atoms with Crippen LogP contribution in [-0.4, -0.2) is 17.8 Å². The first kappa shape index (κ1) is 22.9. The van der Waals surface area contributed by atoms with Gasteiger partial charge in [-0.2, -0.15) is 0 Å². The maximum absolute atomic E-state index is 12.9. The predicted molar refractivity (Wildman–Crippen MR) is 128 cm³/mol. The smallest absolute Gasteiger partial charge is 0.343 e. The molecule has 3 aromatic carbocycles. The minimum atomic E-state index is -0.707. The van der Waals surface area contributed by atoms with Crippen LogP contribution in [-0.2, 0) is 9.59 Å². The largest absolute Gasteiger partial charge is 0.423 e. The Balaban J connectivity index is 1.50. The molecule has 0 bridgehead atoms. The molecule has 0 unspecified atom stereocenters. The Kier molecular flexibility index (Phi) is 6.42. The van der Waals surface area contributed by atoms with Gasteiger partial charge < -0.3 is 10.1 Å². The fourth-order valence-corrected chi connectivity index (χ4v) is 3.91. The second kappa shape index (κ2) is 9.27. The third kappa shape index (κ3) is 4.73. The summed E-state index contributed by atoms with van der Waals surface area (Å²) >= 11 is 18.1. The van der Waals surface area contributed by atoms with E-state index in [0.717, 1.165) is 10.5 Å².